The monoisotopic (exact) mass is 484 g/mol. The van der Waals surface area contributed by atoms with Crippen molar-refractivity contribution in [1.29, 1.82) is 0 Å². The van der Waals surface area contributed by atoms with Gasteiger partial charge in [0, 0.05) is 37.5 Å². The Morgan fingerprint density at radius 1 is 1.06 bits per heavy atom. The molecule has 2 aromatic heterocycles. The third kappa shape index (κ3) is 6.30. The highest BCUT2D eigenvalue weighted by atomic mass is 16.5. The third-order valence-corrected chi connectivity index (χ3v) is 5.89. The number of nitrogens with zero attached hydrogens (tertiary/aromatic N) is 3. The molecule has 4 aromatic rings. The number of methoxy groups -OCH3 is 1. The van der Waals surface area contributed by atoms with Gasteiger partial charge in [0.1, 0.15) is 5.82 Å². The molecule has 7 heteroatoms. The van der Waals surface area contributed by atoms with Crippen LogP contribution in [0.4, 0.5) is 0 Å². The molecule has 0 aliphatic heterocycles. The molecule has 0 aliphatic rings. The Morgan fingerprint density at radius 3 is 2.69 bits per heavy atom. The van der Waals surface area contributed by atoms with Crippen LogP contribution in [-0.4, -0.2) is 40.7 Å². The van der Waals surface area contributed by atoms with Crippen molar-refractivity contribution in [2.75, 3.05) is 20.3 Å². The Morgan fingerprint density at radius 2 is 1.89 bits per heavy atom. The number of aryl methyl sites for hydroxylation is 1. The lowest BCUT2D eigenvalue weighted by molar-refractivity contribution is 0.0953. The van der Waals surface area contributed by atoms with Crippen LogP contribution in [0.25, 0.3) is 17.1 Å². The second kappa shape index (κ2) is 12.5. The van der Waals surface area contributed by atoms with Gasteiger partial charge in [-0.05, 0) is 61.7 Å². The highest BCUT2D eigenvalue weighted by molar-refractivity contribution is 5.93. The molecule has 0 spiro atoms. The van der Waals surface area contributed by atoms with Gasteiger partial charge < -0.3 is 19.4 Å². The van der Waals surface area contributed by atoms with E-state index in [-0.39, 0.29) is 5.91 Å². The summed E-state index contributed by atoms with van der Waals surface area (Å²) < 4.78 is 13.7. The van der Waals surface area contributed by atoms with Gasteiger partial charge in [0.05, 0.1) is 24.8 Å². The van der Waals surface area contributed by atoms with Crippen molar-refractivity contribution in [3.63, 3.8) is 0 Å². The molecule has 1 N–H and O–H groups in total. The number of unbranched alkanes of at least 4 members (excludes halogenated alkanes) is 1. The number of hydrogen-bond acceptors (Lipinski definition) is 5. The average Bonchev–Trinajstić information content (AvgIpc) is 3.26. The second-order valence-corrected chi connectivity index (χ2v) is 8.38. The number of pyridine rings is 1. The number of para-hydroxylation sites is 2. The second-order valence-electron chi connectivity index (χ2n) is 8.38. The van der Waals surface area contributed by atoms with Gasteiger partial charge in [-0.2, -0.15) is 0 Å². The first-order chi connectivity index (χ1) is 17.7. The Kier molecular flexibility index (Phi) is 8.70. The summed E-state index contributed by atoms with van der Waals surface area (Å²) in [5.74, 6) is 2.35. The van der Waals surface area contributed by atoms with E-state index in [9.17, 15) is 4.79 Å². The lowest BCUT2D eigenvalue weighted by Crippen LogP contribution is -2.26. The maximum atomic E-state index is 12.4. The van der Waals surface area contributed by atoms with Crippen LogP contribution in [0.2, 0.25) is 0 Å². The van der Waals surface area contributed by atoms with Gasteiger partial charge >= 0.3 is 0 Å². The van der Waals surface area contributed by atoms with Crippen LogP contribution in [-0.2, 0) is 13.0 Å². The van der Waals surface area contributed by atoms with Crippen molar-refractivity contribution in [2.45, 2.75) is 32.7 Å². The topological polar surface area (TPSA) is 78.3 Å². The molecule has 2 aromatic carbocycles. The minimum Gasteiger partial charge on any atom is -0.493 e. The van der Waals surface area contributed by atoms with Crippen molar-refractivity contribution in [2.24, 2.45) is 0 Å². The number of amides is 1. The summed E-state index contributed by atoms with van der Waals surface area (Å²) in [5, 5.41) is 2.98. The summed E-state index contributed by atoms with van der Waals surface area (Å²) in [6.07, 6.45) is 9.75. The van der Waals surface area contributed by atoms with E-state index in [0.29, 0.717) is 25.1 Å². The number of rotatable bonds is 12. The van der Waals surface area contributed by atoms with Crippen LogP contribution >= 0.6 is 0 Å². The molecule has 0 bridgehead atoms. The molecule has 7 nitrogen and oxygen atoms in total. The number of aromatic nitrogens is 3. The smallest absolute Gasteiger partial charge is 0.251 e. The van der Waals surface area contributed by atoms with Crippen LogP contribution in [0.15, 0.2) is 73.1 Å². The summed E-state index contributed by atoms with van der Waals surface area (Å²) >= 11 is 0. The summed E-state index contributed by atoms with van der Waals surface area (Å²) in [4.78, 5) is 21.1. The van der Waals surface area contributed by atoms with Crippen molar-refractivity contribution in [3.8, 4) is 11.5 Å². The molecule has 1 amide bonds. The number of carbonyl (C=O) groups excluding carboxylic acids is 1. The van der Waals surface area contributed by atoms with Gasteiger partial charge in [0.15, 0.2) is 11.5 Å². The van der Waals surface area contributed by atoms with E-state index in [0.717, 1.165) is 53.3 Å². The lowest BCUT2D eigenvalue weighted by Gasteiger charge is -2.13. The fraction of sp³-hybridized carbons (Fsp3) is 0.276. The van der Waals surface area contributed by atoms with Crippen LogP contribution in [0.5, 0.6) is 11.5 Å². The Balaban J connectivity index is 1.33. The first-order valence-electron chi connectivity index (χ1n) is 12.3. The van der Waals surface area contributed by atoms with Gasteiger partial charge in [-0.15, -0.1) is 0 Å². The van der Waals surface area contributed by atoms with Crippen molar-refractivity contribution in [3.05, 3.63) is 90.0 Å². The third-order valence-electron chi connectivity index (χ3n) is 5.89. The van der Waals surface area contributed by atoms with Gasteiger partial charge in [-0.3, -0.25) is 9.78 Å². The molecule has 0 atom stereocenters. The molecular formula is C29H32N4O3. The summed E-state index contributed by atoms with van der Waals surface area (Å²) in [7, 11) is 1.66. The van der Waals surface area contributed by atoms with Crippen LogP contribution in [0.1, 0.15) is 41.5 Å². The van der Waals surface area contributed by atoms with Crippen molar-refractivity contribution in [1.82, 2.24) is 19.9 Å². The number of allylic oxidation sites excluding steroid dienone is 1. The van der Waals surface area contributed by atoms with E-state index >= 15 is 0 Å². The molecule has 2 heterocycles. The molecule has 186 valence electrons. The number of imidazole rings is 1. The molecular weight excluding hydrogens is 452 g/mol. The number of benzene rings is 2. The average molecular weight is 485 g/mol. The maximum Gasteiger partial charge on any atom is 0.251 e. The Bertz CT molecular complexity index is 1310. The van der Waals surface area contributed by atoms with Crippen molar-refractivity contribution < 1.29 is 14.3 Å². The minimum absolute atomic E-state index is 0.105. The fourth-order valence-electron chi connectivity index (χ4n) is 4.11. The number of ether oxygens (including phenoxy) is 2. The standard InChI is InChI=1S/C29H32N4O3/c1-3-8-22-11-12-26(27(21-22)35-2)36-20-7-6-19-33-25-10-5-4-9-24(25)32-28(33)15-18-31-29(34)23-13-16-30-17-14-23/h3-5,8-14,16-17,21H,6-7,15,18-20H2,1-2H3,(H,31,34)/b8-3+. The Hall–Kier alpha value is -4.13. The maximum absolute atomic E-state index is 12.4. The quantitative estimate of drug-likeness (QED) is 0.276. The first kappa shape index (κ1) is 25.0. The number of nitrogens with one attached hydrogen (secondary N) is 1. The largest absolute Gasteiger partial charge is 0.493 e. The zero-order valence-electron chi connectivity index (χ0n) is 20.8. The van der Waals surface area contributed by atoms with Gasteiger partial charge in [-0.1, -0.05) is 30.4 Å². The number of fused-ring (bicyclic) bond motifs is 1. The minimum atomic E-state index is -0.105. The first-order valence-corrected chi connectivity index (χ1v) is 12.3. The van der Waals surface area contributed by atoms with E-state index in [2.05, 4.69) is 20.9 Å². The summed E-state index contributed by atoms with van der Waals surface area (Å²) in [6.45, 7) is 3.93. The number of hydrogen-bond donors (Lipinski definition) is 1. The highest BCUT2D eigenvalue weighted by Gasteiger charge is 2.12. The summed E-state index contributed by atoms with van der Waals surface area (Å²) in [5.41, 5.74) is 3.76. The van der Waals surface area contributed by atoms with Gasteiger partial charge in [0.25, 0.3) is 5.91 Å². The zero-order valence-corrected chi connectivity index (χ0v) is 20.8. The predicted octanol–water partition coefficient (Wildman–Crippen LogP) is 5.30. The van der Waals surface area contributed by atoms with E-state index in [4.69, 9.17) is 14.5 Å². The molecule has 4 rings (SSSR count). The zero-order chi connectivity index (χ0) is 25.2. The lowest BCUT2D eigenvalue weighted by atomic mass is 10.2. The van der Waals surface area contributed by atoms with E-state index < -0.39 is 0 Å². The molecule has 0 unspecified atom stereocenters. The van der Waals surface area contributed by atoms with Gasteiger partial charge in [-0.25, -0.2) is 4.98 Å². The normalized spacial score (nSPS) is 11.2. The number of carbonyl (C=O) groups is 1. The highest BCUT2D eigenvalue weighted by Crippen LogP contribution is 2.29. The molecule has 0 aliphatic carbocycles. The SMILES string of the molecule is C/C=C/c1ccc(OCCCCn2c(CCNC(=O)c3ccncc3)nc3ccccc32)c(OC)c1. The molecule has 0 fully saturated rings. The van der Waals surface area contributed by atoms with Crippen LogP contribution in [0, 0.1) is 0 Å². The molecule has 0 radical (unpaired) electrons. The van der Waals surface area contributed by atoms with E-state index in [1.54, 1.807) is 31.6 Å². The molecule has 0 saturated carbocycles. The van der Waals surface area contributed by atoms with Crippen LogP contribution < -0.4 is 14.8 Å². The fourth-order valence-corrected chi connectivity index (χ4v) is 4.11. The van der Waals surface area contributed by atoms with Crippen molar-refractivity contribution >= 4 is 23.0 Å². The van der Waals surface area contributed by atoms with E-state index in [1.807, 2.05) is 55.5 Å². The van der Waals surface area contributed by atoms with E-state index in [1.165, 1.54) is 0 Å². The summed E-state index contributed by atoms with van der Waals surface area (Å²) in [6, 6.07) is 17.5. The predicted molar refractivity (Wildman–Crippen MR) is 142 cm³/mol. The van der Waals surface area contributed by atoms with Gasteiger partial charge in [0.2, 0.25) is 0 Å². The molecule has 0 saturated heterocycles. The molecule has 36 heavy (non-hydrogen) atoms. The van der Waals surface area contributed by atoms with Crippen LogP contribution in [0.3, 0.4) is 0 Å². The Labute approximate surface area is 211 Å².